The Morgan fingerprint density at radius 2 is 0.731 bits per heavy atom. The Kier molecular flexibility index (Phi) is 7.37. The number of rotatable bonds is 9. The predicted molar refractivity (Wildman–Crippen MR) is 208 cm³/mol. The molecule has 0 spiro atoms. The lowest BCUT2D eigenvalue weighted by atomic mass is 10.1. The fourth-order valence-corrected chi connectivity index (χ4v) is 7.91. The summed E-state index contributed by atoms with van der Waals surface area (Å²) in [4.78, 5) is 29.9. The van der Waals surface area contributed by atoms with Crippen LogP contribution in [0.3, 0.4) is 0 Å². The third-order valence-corrected chi connectivity index (χ3v) is 10.2. The molecule has 0 unspecified atom stereocenters. The molecule has 8 heteroatoms. The van der Waals surface area contributed by atoms with E-state index < -0.39 is 0 Å². The Bertz CT molecular complexity index is 2710. The van der Waals surface area contributed by atoms with Gasteiger partial charge in [-0.2, -0.15) is 0 Å². The molecular formula is C44H34N8. The van der Waals surface area contributed by atoms with Crippen molar-refractivity contribution in [1.82, 2.24) is 39.0 Å². The van der Waals surface area contributed by atoms with Crippen molar-refractivity contribution in [1.29, 1.82) is 0 Å². The molecule has 4 aromatic carbocycles. The summed E-state index contributed by atoms with van der Waals surface area (Å²) >= 11 is 0. The van der Waals surface area contributed by atoms with Gasteiger partial charge in [-0.25, -0.2) is 9.97 Å². The summed E-state index contributed by atoms with van der Waals surface area (Å²) in [6.07, 6.45) is 10.8. The van der Waals surface area contributed by atoms with Gasteiger partial charge >= 0.3 is 0 Å². The number of aryl methyl sites for hydroxylation is 2. The molecule has 250 valence electrons. The van der Waals surface area contributed by atoms with Gasteiger partial charge in [0.1, 0.15) is 11.6 Å². The van der Waals surface area contributed by atoms with Gasteiger partial charge in [-0.1, -0.05) is 60.7 Å². The summed E-state index contributed by atoms with van der Waals surface area (Å²) in [7, 11) is 0. The number of hydrogen-bond acceptors (Lipinski definition) is 6. The highest BCUT2D eigenvalue weighted by atomic mass is 15.1. The maximum atomic E-state index is 5.35. The Morgan fingerprint density at radius 3 is 1.13 bits per heavy atom. The third-order valence-electron chi connectivity index (χ3n) is 10.2. The SMILES string of the molecule is c1ccc(Cc2nc3c4cccnc4c4ncccc4c3n2CCCCn2c(Cc3ccccc3)nc3c4cccnc4c4ncccc4c32)cc1. The minimum atomic E-state index is 0.743. The Morgan fingerprint density at radius 1 is 0.365 bits per heavy atom. The van der Waals surface area contributed by atoms with E-state index in [2.05, 4.69) is 94.1 Å². The van der Waals surface area contributed by atoms with Crippen LogP contribution in [0.2, 0.25) is 0 Å². The first kappa shape index (κ1) is 30.3. The largest absolute Gasteiger partial charge is 0.327 e. The van der Waals surface area contributed by atoms with Crippen molar-refractivity contribution in [3.63, 3.8) is 0 Å². The molecule has 10 rings (SSSR count). The quantitative estimate of drug-likeness (QED) is 0.112. The van der Waals surface area contributed by atoms with Gasteiger partial charge < -0.3 is 9.13 Å². The van der Waals surface area contributed by atoms with Gasteiger partial charge in [0.15, 0.2) is 0 Å². The Labute approximate surface area is 299 Å². The van der Waals surface area contributed by atoms with Crippen molar-refractivity contribution in [2.24, 2.45) is 0 Å². The zero-order valence-corrected chi connectivity index (χ0v) is 28.5. The second kappa shape index (κ2) is 12.7. The van der Waals surface area contributed by atoms with E-state index in [1.165, 1.54) is 11.1 Å². The first-order chi connectivity index (χ1) is 25.8. The highest BCUT2D eigenvalue weighted by Crippen LogP contribution is 2.36. The highest BCUT2D eigenvalue weighted by Gasteiger charge is 2.21. The molecular weight excluding hydrogens is 641 g/mol. The lowest BCUT2D eigenvalue weighted by Gasteiger charge is -2.14. The predicted octanol–water partition coefficient (Wildman–Crippen LogP) is 9.24. The van der Waals surface area contributed by atoms with E-state index >= 15 is 0 Å². The second-order valence-corrected chi connectivity index (χ2v) is 13.4. The van der Waals surface area contributed by atoms with Crippen molar-refractivity contribution < 1.29 is 0 Å². The average Bonchev–Trinajstić information content (AvgIpc) is 3.75. The maximum absolute atomic E-state index is 5.35. The number of pyridine rings is 4. The monoisotopic (exact) mass is 674 g/mol. The molecule has 8 nitrogen and oxygen atoms in total. The van der Waals surface area contributed by atoms with Crippen molar-refractivity contribution in [2.75, 3.05) is 0 Å². The first-order valence-electron chi connectivity index (χ1n) is 17.9. The fourth-order valence-electron chi connectivity index (χ4n) is 7.91. The topological polar surface area (TPSA) is 87.2 Å². The van der Waals surface area contributed by atoms with Crippen LogP contribution < -0.4 is 0 Å². The van der Waals surface area contributed by atoms with Gasteiger partial charge in [-0.3, -0.25) is 19.9 Å². The smallest absolute Gasteiger partial charge is 0.114 e. The van der Waals surface area contributed by atoms with E-state index in [4.69, 9.17) is 29.9 Å². The van der Waals surface area contributed by atoms with Gasteiger partial charge in [0.2, 0.25) is 0 Å². The van der Waals surface area contributed by atoms with Crippen LogP contribution >= 0.6 is 0 Å². The lowest BCUT2D eigenvalue weighted by Crippen LogP contribution is -2.09. The number of aromatic nitrogens is 8. The standard InChI is InChI=1S/C44H34N8/c1-3-13-29(14-4-1)27-35-49-41-31-17-9-21-45-37(31)39-33(19-11-23-47-39)43(41)51(35)25-7-8-26-52-36(28-30-15-5-2-6-16-30)50-42-32-18-10-22-46-38(32)40-34(44(42)52)20-12-24-48-40/h1-6,9-24H,7-8,25-28H2. The molecule has 6 aromatic heterocycles. The molecule has 0 radical (unpaired) electrons. The van der Waals surface area contributed by atoms with E-state index in [0.717, 1.165) is 116 Å². The fraction of sp³-hybridized carbons (Fsp3) is 0.136. The van der Waals surface area contributed by atoms with Crippen LogP contribution in [0.4, 0.5) is 0 Å². The van der Waals surface area contributed by atoms with E-state index in [0.29, 0.717) is 0 Å². The average molecular weight is 675 g/mol. The molecule has 52 heavy (non-hydrogen) atoms. The van der Waals surface area contributed by atoms with Crippen LogP contribution in [-0.4, -0.2) is 39.0 Å². The summed E-state index contributed by atoms with van der Waals surface area (Å²) in [6, 6.07) is 37.8. The van der Waals surface area contributed by atoms with Crippen molar-refractivity contribution in [3.05, 3.63) is 157 Å². The van der Waals surface area contributed by atoms with Gasteiger partial charge in [0, 0.05) is 72.3 Å². The number of hydrogen-bond donors (Lipinski definition) is 0. The van der Waals surface area contributed by atoms with Crippen LogP contribution in [0.25, 0.3) is 65.7 Å². The summed E-state index contributed by atoms with van der Waals surface area (Å²) in [6.45, 7) is 1.65. The summed E-state index contributed by atoms with van der Waals surface area (Å²) in [5.74, 6) is 2.10. The van der Waals surface area contributed by atoms with Crippen LogP contribution in [0, 0.1) is 0 Å². The molecule has 0 aliphatic rings. The Balaban J connectivity index is 1.07. The van der Waals surface area contributed by atoms with Gasteiger partial charge in [0.05, 0.1) is 44.1 Å². The van der Waals surface area contributed by atoms with Gasteiger partial charge in [-0.15, -0.1) is 0 Å². The van der Waals surface area contributed by atoms with Crippen LogP contribution in [0.15, 0.2) is 134 Å². The molecule has 0 aliphatic heterocycles. The number of fused-ring (bicyclic) bond motifs is 12. The molecule has 0 bridgehead atoms. The molecule has 0 amide bonds. The molecule has 0 fully saturated rings. The number of benzene rings is 4. The molecule has 10 aromatic rings. The lowest BCUT2D eigenvalue weighted by molar-refractivity contribution is 0.549. The number of imidazole rings is 2. The minimum absolute atomic E-state index is 0.743. The Hall–Kier alpha value is -6.54. The van der Waals surface area contributed by atoms with Crippen molar-refractivity contribution in [3.8, 4) is 0 Å². The van der Waals surface area contributed by atoms with E-state index in [1.54, 1.807) is 0 Å². The van der Waals surface area contributed by atoms with Crippen LogP contribution in [0.5, 0.6) is 0 Å². The van der Waals surface area contributed by atoms with Gasteiger partial charge in [0.25, 0.3) is 0 Å². The number of unbranched alkanes of at least 4 members (excludes halogenated alkanes) is 1. The first-order valence-corrected chi connectivity index (χ1v) is 17.9. The maximum Gasteiger partial charge on any atom is 0.114 e. The zero-order valence-electron chi connectivity index (χ0n) is 28.5. The normalized spacial score (nSPS) is 11.9. The minimum Gasteiger partial charge on any atom is -0.327 e. The molecule has 0 N–H and O–H groups in total. The van der Waals surface area contributed by atoms with Crippen molar-refractivity contribution >= 4 is 65.7 Å². The highest BCUT2D eigenvalue weighted by molar-refractivity contribution is 6.21. The molecule has 0 atom stereocenters. The summed E-state index contributed by atoms with van der Waals surface area (Å²) < 4.78 is 4.88. The molecule has 0 saturated carbocycles. The molecule has 0 saturated heterocycles. The van der Waals surface area contributed by atoms with Crippen LogP contribution in [0.1, 0.15) is 35.6 Å². The molecule has 0 aliphatic carbocycles. The van der Waals surface area contributed by atoms with Gasteiger partial charge in [-0.05, 0) is 72.5 Å². The van der Waals surface area contributed by atoms with E-state index in [1.807, 2.05) is 49.1 Å². The van der Waals surface area contributed by atoms with Crippen LogP contribution in [-0.2, 0) is 25.9 Å². The van der Waals surface area contributed by atoms with Crippen molar-refractivity contribution in [2.45, 2.75) is 38.8 Å². The van der Waals surface area contributed by atoms with E-state index in [9.17, 15) is 0 Å². The second-order valence-electron chi connectivity index (χ2n) is 13.4. The molecule has 6 heterocycles. The summed E-state index contributed by atoms with van der Waals surface area (Å²) in [5.41, 5.74) is 10.3. The number of nitrogens with zero attached hydrogens (tertiary/aromatic N) is 8. The summed E-state index contributed by atoms with van der Waals surface area (Å²) in [5, 5.41) is 4.24. The van der Waals surface area contributed by atoms with E-state index in [-0.39, 0.29) is 0 Å². The third kappa shape index (κ3) is 5.06. The zero-order chi connectivity index (χ0) is 34.4.